The molecule has 1 saturated carbocycles. The third-order valence-corrected chi connectivity index (χ3v) is 4.48. The highest BCUT2D eigenvalue weighted by atomic mass is 35.5. The van der Waals surface area contributed by atoms with Crippen LogP contribution in [0.5, 0.6) is 0 Å². The first-order valence-corrected chi connectivity index (χ1v) is 7.20. The molecule has 3 nitrogen and oxygen atoms in total. The number of fused-ring (bicyclic) bond motifs is 1. The zero-order valence-electron chi connectivity index (χ0n) is 10.5. The second-order valence-corrected chi connectivity index (χ2v) is 5.62. The van der Waals surface area contributed by atoms with Crippen molar-refractivity contribution in [3.05, 3.63) is 0 Å². The number of alkyl halides is 1. The minimum Gasteiger partial charge on any atom is -0.379 e. The van der Waals surface area contributed by atoms with Crippen LogP contribution in [0, 0.1) is 5.92 Å². The summed E-state index contributed by atoms with van der Waals surface area (Å²) in [7, 11) is 0. The molecule has 0 aromatic rings. The van der Waals surface area contributed by atoms with Gasteiger partial charge in [-0.3, -0.25) is 4.79 Å². The molecule has 0 bridgehead atoms. The van der Waals surface area contributed by atoms with E-state index in [1.54, 1.807) is 0 Å². The van der Waals surface area contributed by atoms with Crippen LogP contribution in [0.1, 0.15) is 39.0 Å². The Morgan fingerprint density at radius 2 is 2.24 bits per heavy atom. The normalized spacial score (nSPS) is 31.5. The number of nitrogens with zero attached hydrogens (tertiary/aromatic N) is 1. The van der Waals surface area contributed by atoms with E-state index in [9.17, 15) is 4.79 Å². The van der Waals surface area contributed by atoms with E-state index < -0.39 is 0 Å². The van der Waals surface area contributed by atoms with Crippen LogP contribution in [0.2, 0.25) is 0 Å². The lowest BCUT2D eigenvalue weighted by molar-refractivity contribution is -0.134. The van der Waals surface area contributed by atoms with Crippen molar-refractivity contribution in [1.29, 1.82) is 0 Å². The number of hydrogen-bond acceptors (Lipinski definition) is 2. The summed E-state index contributed by atoms with van der Waals surface area (Å²) in [5.41, 5.74) is 0. The summed E-state index contributed by atoms with van der Waals surface area (Å²) in [6, 6.07) is 0.367. The summed E-state index contributed by atoms with van der Waals surface area (Å²) < 4.78 is 5.62. The second kappa shape index (κ2) is 6.05. The summed E-state index contributed by atoms with van der Waals surface area (Å²) in [4.78, 5) is 14.3. The average molecular weight is 260 g/mol. The fourth-order valence-electron chi connectivity index (χ4n) is 2.98. The van der Waals surface area contributed by atoms with Gasteiger partial charge in [0.15, 0.2) is 0 Å². The Morgan fingerprint density at radius 3 is 3.00 bits per heavy atom. The summed E-state index contributed by atoms with van der Waals surface area (Å²) in [6.45, 7) is 4.14. The van der Waals surface area contributed by atoms with Crippen LogP contribution in [-0.2, 0) is 9.53 Å². The maximum absolute atomic E-state index is 12.3. The number of carbonyl (C=O) groups is 1. The van der Waals surface area contributed by atoms with Crippen LogP contribution < -0.4 is 0 Å². The van der Waals surface area contributed by atoms with Crippen molar-refractivity contribution in [2.45, 2.75) is 50.4 Å². The van der Waals surface area contributed by atoms with Crippen LogP contribution in [0.15, 0.2) is 0 Å². The van der Waals surface area contributed by atoms with Gasteiger partial charge >= 0.3 is 0 Å². The standard InChI is InChI=1S/C13H22ClNO2/c1-2-11(14)13(16)15-7-8-17-9-10-5-3-4-6-12(10)15/h10-12H,2-9H2,1H3/t10-,11-,12+/m0/s1. The molecule has 0 radical (unpaired) electrons. The summed E-state index contributed by atoms with van der Waals surface area (Å²) >= 11 is 6.10. The van der Waals surface area contributed by atoms with Gasteiger partial charge in [-0.05, 0) is 19.3 Å². The number of rotatable bonds is 2. The zero-order valence-corrected chi connectivity index (χ0v) is 11.3. The van der Waals surface area contributed by atoms with Crippen LogP contribution >= 0.6 is 11.6 Å². The number of ether oxygens (including phenoxy) is 1. The van der Waals surface area contributed by atoms with Crippen LogP contribution in [0.25, 0.3) is 0 Å². The Kier molecular flexibility index (Phi) is 4.69. The molecule has 17 heavy (non-hydrogen) atoms. The molecule has 2 aliphatic rings. The van der Waals surface area contributed by atoms with E-state index in [1.165, 1.54) is 19.3 Å². The Bertz CT molecular complexity index is 272. The van der Waals surface area contributed by atoms with E-state index in [4.69, 9.17) is 16.3 Å². The van der Waals surface area contributed by atoms with Crippen molar-refractivity contribution in [3.63, 3.8) is 0 Å². The van der Waals surface area contributed by atoms with E-state index in [2.05, 4.69) is 0 Å². The number of carbonyl (C=O) groups excluding carboxylic acids is 1. The minimum absolute atomic E-state index is 0.108. The van der Waals surface area contributed by atoms with Crippen molar-refractivity contribution < 1.29 is 9.53 Å². The van der Waals surface area contributed by atoms with Crippen LogP contribution in [0.4, 0.5) is 0 Å². The van der Waals surface area contributed by atoms with Gasteiger partial charge < -0.3 is 9.64 Å². The van der Waals surface area contributed by atoms with Crippen molar-refractivity contribution in [1.82, 2.24) is 4.90 Å². The molecule has 98 valence electrons. The van der Waals surface area contributed by atoms with E-state index in [0.29, 0.717) is 31.5 Å². The van der Waals surface area contributed by atoms with Crippen molar-refractivity contribution in [2.24, 2.45) is 5.92 Å². The SMILES string of the molecule is CC[C@H](Cl)C(=O)N1CCOC[C@@H]2CCCC[C@H]21. The molecule has 1 aliphatic carbocycles. The molecule has 1 saturated heterocycles. The first-order chi connectivity index (χ1) is 8.24. The predicted molar refractivity (Wildman–Crippen MR) is 68.2 cm³/mol. The highest BCUT2D eigenvalue weighted by molar-refractivity contribution is 6.30. The number of halogens is 1. The summed E-state index contributed by atoms with van der Waals surface area (Å²) in [5.74, 6) is 0.632. The van der Waals surface area contributed by atoms with E-state index in [1.807, 2.05) is 11.8 Å². The minimum atomic E-state index is -0.365. The Hall–Kier alpha value is -0.280. The first kappa shape index (κ1) is 13.2. The topological polar surface area (TPSA) is 29.5 Å². The average Bonchev–Trinajstić information content (AvgIpc) is 2.59. The lowest BCUT2D eigenvalue weighted by Crippen LogP contribution is -2.48. The van der Waals surface area contributed by atoms with E-state index in [-0.39, 0.29) is 11.3 Å². The Morgan fingerprint density at radius 1 is 1.47 bits per heavy atom. The Balaban J connectivity index is 2.09. The third-order valence-electron chi connectivity index (χ3n) is 3.99. The molecule has 0 spiro atoms. The molecule has 2 rings (SSSR count). The molecule has 0 aromatic carbocycles. The lowest BCUT2D eigenvalue weighted by Gasteiger charge is -2.38. The van der Waals surface area contributed by atoms with Crippen molar-refractivity contribution in [2.75, 3.05) is 19.8 Å². The second-order valence-electron chi connectivity index (χ2n) is 5.09. The highest BCUT2D eigenvalue weighted by Gasteiger charge is 2.36. The predicted octanol–water partition coefficient (Wildman–Crippen LogP) is 2.42. The van der Waals surface area contributed by atoms with Gasteiger partial charge in [0.05, 0.1) is 13.2 Å². The molecule has 1 aliphatic heterocycles. The van der Waals surface area contributed by atoms with Gasteiger partial charge in [-0.1, -0.05) is 19.8 Å². The smallest absolute Gasteiger partial charge is 0.240 e. The molecule has 1 heterocycles. The molecule has 1 amide bonds. The van der Waals surface area contributed by atoms with Crippen LogP contribution in [-0.4, -0.2) is 42.0 Å². The quantitative estimate of drug-likeness (QED) is 0.713. The van der Waals surface area contributed by atoms with Gasteiger partial charge in [-0.15, -0.1) is 11.6 Å². The van der Waals surface area contributed by atoms with Crippen molar-refractivity contribution in [3.8, 4) is 0 Å². The number of amides is 1. The lowest BCUT2D eigenvalue weighted by atomic mass is 9.84. The van der Waals surface area contributed by atoms with Gasteiger partial charge in [0.1, 0.15) is 5.38 Å². The van der Waals surface area contributed by atoms with Gasteiger partial charge in [0.2, 0.25) is 5.91 Å². The molecule has 0 unspecified atom stereocenters. The maximum atomic E-state index is 12.3. The van der Waals surface area contributed by atoms with E-state index in [0.717, 1.165) is 13.0 Å². The largest absolute Gasteiger partial charge is 0.379 e. The fourth-order valence-corrected chi connectivity index (χ4v) is 3.11. The van der Waals surface area contributed by atoms with Crippen LogP contribution in [0.3, 0.4) is 0 Å². The van der Waals surface area contributed by atoms with Crippen molar-refractivity contribution >= 4 is 17.5 Å². The monoisotopic (exact) mass is 259 g/mol. The van der Waals surface area contributed by atoms with E-state index >= 15 is 0 Å². The maximum Gasteiger partial charge on any atom is 0.240 e. The molecular weight excluding hydrogens is 238 g/mol. The third kappa shape index (κ3) is 2.94. The van der Waals surface area contributed by atoms with Gasteiger partial charge in [-0.25, -0.2) is 0 Å². The fraction of sp³-hybridized carbons (Fsp3) is 0.923. The molecule has 0 N–H and O–H groups in total. The first-order valence-electron chi connectivity index (χ1n) is 6.76. The molecule has 3 atom stereocenters. The molecule has 2 fully saturated rings. The summed E-state index contributed by atoms with van der Waals surface area (Å²) in [6.07, 6.45) is 5.50. The van der Waals surface area contributed by atoms with Gasteiger partial charge in [0.25, 0.3) is 0 Å². The Labute approximate surface area is 108 Å². The zero-order chi connectivity index (χ0) is 12.3. The highest BCUT2D eigenvalue weighted by Crippen LogP contribution is 2.31. The molecular formula is C13H22ClNO2. The number of hydrogen-bond donors (Lipinski definition) is 0. The van der Waals surface area contributed by atoms with Gasteiger partial charge in [0, 0.05) is 18.5 Å². The van der Waals surface area contributed by atoms with Gasteiger partial charge in [-0.2, -0.15) is 0 Å². The molecule has 4 heteroatoms. The summed E-state index contributed by atoms with van der Waals surface area (Å²) in [5, 5.41) is -0.365. The molecule has 0 aromatic heterocycles.